The predicted octanol–water partition coefficient (Wildman–Crippen LogP) is 3.01. The predicted molar refractivity (Wildman–Crippen MR) is 75.2 cm³/mol. The van der Waals surface area contributed by atoms with Gasteiger partial charge in [-0.3, -0.25) is 0 Å². The summed E-state index contributed by atoms with van der Waals surface area (Å²) in [5, 5.41) is 12.7. The van der Waals surface area contributed by atoms with Crippen LogP contribution in [0.5, 0.6) is 0 Å². The third-order valence-corrected chi connectivity index (χ3v) is 3.70. The highest BCUT2D eigenvalue weighted by Gasteiger charge is 2.35. The van der Waals surface area contributed by atoms with E-state index in [0.717, 1.165) is 42.9 Å². The normalized spacial score (nSPS) is 23.4. The molecule has 18 heavy (non-hydrogen) atoms. The zero-order chi connectivity index (χ0) is 11.7. The summed E-state index contributed by atoms with van der Waals surface area (Å²) in [6, 6.07) is 10.2. The lowest BCUT2D eigenvalue weighted by atomic mass is 9.83. The van der Waals surface area contributed by atoms with E-state index in [2.05, 4.69) is 28.3 Å². The third-order valence-electron chi connectivity index (χ3n) is 3.70. The number of allylic oxidation sites excluding steroid dienone is 1. The molecule has 0 aromatic heterocycles. The van der Waals surface area contributed by atoms with E-state index >= 15 is 0 Å². The van der Waals surface area contributed by atoms with E-state index in [1.54, 1.807) is 0 Å². The van der Waals surface area contributed by atoms with Crippen LogP contribution in [0.15, 0.2) is 41.2 Å². The number of fused-ring (bicyclic) bond motifs is 3. The highest BCUT2D eigenvalue weighted by atomic mass is 35.5. The van der Waals surface area contributed by atoms with Crippen LogP contribution in [-0.4, -0.2) is 28.9 Å². The molecule has 0 unspecified atom stereocenters. The molecule has 4 heteroatoms. The first-order chi connectivity index (χ1) is 8.38. The SMILES string of the molecule is Cl.O/N=C1/C(=C/c2ccccc2)N2CCC1CC2. The van der Waals surface area contributed by atoms with Crippen LogP contribution in [0.2, 0.25) is 0 Å². The molecule has 96 valence electrons. The largest absolute Gasteiger partial charge is 0.411 e. The Morgan fingerprint density at radius 2 is 1.83 bits per heavy atom. The van der Waals surface area contributed by atoms with Crippen molar-refractivity contribution in [2.75, 3.05) is 13.1 Å². The number of hydrogen-bond donors (Lipinski definition) is 1. The van der Waals surface area contributed by atoms with E-state index in [9.17, 15) is 5.21 Å². The Morgan fingerprint density at radius 1 is 1.17 bits per heavy atom. The van der Waals surface area contributed by atoms with Gasteiger partial charge in [-0.15, -0.1) is 12.4 Å². The van der Waals surface area contributed by atoms with Gasteiger partial charge < -0.3 is 10.1 Å². The van der Waals surface area contributed by atoms with E-state index in [-0.39, 0.29) is 12.4 Å². The first-order valence-electron chi connectivity index (χ1n) is 6.12. The quantitative estimate of drug-likeness (QED) is 0.625. The number of piperidine rings is 3. The second-order valence-electron chi connectivity index (χ2n) is 4.69. The second kappa shape index (κ2) is 5.44. The highest BCUT2D eigenvalue weighted by Crippen LogP contribution is 2.33. The maximum atomic E-state index is 9.18. The minimum Gasteiger partial charge on any atom is -0.411 e. The first-order valence-corrected chi connectivity index (χ1v) is 6.12. The van der Waals surface area contributed by atoms with Gasteiger partial charge in [0.05, 0.1) is 5.70 Å². The molecule has 3 heterocycles. The van der Waals surface area contributed by atoms with Crippen molar-refractivity contribution in [3.63, 3.8) is 0 Å². The van der Waals surface area contributed by atoms with E-state index in [0.29, 0.717) is 5.92 Å². The summed E-state index contributed by atoms with van der Waals surface area (Å²) in [6.45, 7) is 2.17. The summed E-state index contributed by atoms with van der Waals surface area (Å²) < 4.78 is 0. The Bertz CT molecular complexity index is 462. The van der Waals surface area contributed by atoms with Crippen LogP contribution in [0.1, 0.15) is 18.4 Å². The lowest BCUT2D eigenvalue weighted by Gasteiger charge is -2.42. The summed E-state index contributed by atoms with van der Waals surface area (Å²) in [6.07, 6.45) is 4.36. The van der Waals surface area contributed by atoms with Crippen molar-refractivity contribution in [1.29, 1.82) is 0 Å². The first kappa shape index (κ1) is 13.0. The molecule has 3 aliphatic heterocycles. The van der Waals surface area contributed by atoms with E-state index in [1.807, 2.05) is 18.2 Å². The fourth-order valence-electron chi connectivity index (χ4n) is 2.77. The Morgan fingerprint density at radius 3 is 2.44 bits per heavy atom. The van der Waals surface area contributed by atoms with Gasteiger partial charge in [-0.2, -0.15) is 0 Å². The van der Waals surface area contributed by atoms with Crippen LogP contribution in [0.4, 0.5) is 0 Å². The smallest absolute Gasteiger partial charge is 0.106 e. The molecule has 3 saturated heterocycles. The maximum absolute atomic E-state index is 9.18. The van der Waals surface area contributed by atoms with E-state index < -0.39 is 0 Å². The number of oxime groups is 1. The van der Waals surface area contributed by atoms with Gasteiger partial charge in [-0.1, -0.05) is 35.5 Å². The molecule has 1 aromatic rings. The van der Waals surface area contributed by atoms with Crippen LogP contribution in [0, 0.1) is 5.92 Å². The van der Waals surface area contributed by atoms with Gasteiger partial charge in [0.25, 0.3) is 0 Å². The minimum atomic E-state index is 0. The number of hydrogen-bond acceptors (Lipinski definition) is 3. The molecule has 3 aliphatic rings. The van der Waals surface area contributed by atoms with E-state index in [4.69, 9.17) is 0 Å². The molecule has 4 rings (SSSR count). The maximum Gasteiger partial charge on any atom is 0.106 e. The van der Waals surface area contributed by atoms with Gasteiger partial charge in [-0.25, -0.2) is 0 Å². The van der Waals surface area contributed by atoms with Gasteiger partial charge in [0.2, 0.25) is 0 Å². The molecule has 3 fully saturated rings. The van der Waals surface area contributed by atoms with E-state index in [1.165, 1.54) is 0 Å². The number of rotatable bonds is 1. The third kappa shape index (κ3) is 2.23. The molecular weight excluding hydrogens is 248 g/mol. The number of halogens is 1. The molecule has 0 amide bonds. The fourth-order valence-corrected chi connectivity index (χ4v) is 2.77. The summed E-state index contributed by atoms with van der Waals surface area (Å²) in [5.41, 5.74) is 3.13. The molecule has 0 atom stereocenters. The molecule has 2 bridgehead atoms. The standard InChI is InChI=1S/C14H16N2O.ClH/c17-15-14-12-6-8-16(9-7-12)13(14)10-11-4-2-1-3-5-11;/h1-5,10,12,17H,6-9H2;1H/b13-10-,15-14+;. The molecule has 0 radical (unpaired) electrons. The Labute approximate surface area is 113 Å². The zero-order valence-electron chi connectivity index (χ0n) is 10.1. The summed E-state index contributed by atoms with van der Waals surface area (Å²) in [4.78, 5) is 2.32. The van der Waals surface area contributed by atoms with Crippen molar-refractivity contribution in [3.8, 4) is 0 Å². The molecule has 0 aliphatic carbocycles. The Balaban J connectivity index is 0.00000120. The number of benzene rings is 1. The van der Waals surface area contributed by atoms with Gasteiger partial charge in [0.1, 0.15) is 5.71 Å². The average Bonchev–Trinajstić information content (AvgIpc) is 2.41. The number of nitrogens with zero attached hydrogens (tertiary/aromatic N) is 2. The Hall–Kier alpha value is -1.48. The van der Waals surface area contributed by atoms with Crippen molar-refractivity contribution in [2.45, 2.75) is 12.8 Å². The fraction of sp³-hybridized carbons (Fsp3) is 0.357. The highest BCUT2D eigenvalue weighted by molar-refractivity contribution is 6.05. The summed E-state index contributed by atoms with van der Waals surface area (Å²) in [7, 11) is 0. The van der Waals surface area contributed by atoms with Crippen LogP contribution in [0.25, 0.3) is 6.08 Å². The molecule has 3 nitrogen and oxygen atoms in total. The molecule has 1 N–H and O–H groups in total. The van der Waals surface area contributed by atoms with Crippen molar-refractivity contribution >= 4 is 24.2 Å². The average molecular weight is 265 g/mol. The topological polar surface area (TPSA) is 35.8 Å². The van der Waals surface area contributed by atoms with Crippen LogP contribution >= 0.6 is 12.4 Å². The van der Waals surface area contributed by atoms with Crippen LogP contribution < -0.4 is 0 Å². The van der Waals surface area contributed by atoms with Crippen molar-refractivity contribution in [3.05, 3.63) is 41.6 Å². The summed E-state index contributed by atoms with van der Waals surface area (Å²) in [5.74, 6) is 0.444. The van der Waals surface area contributed by atoms with Gasteiger partial charge >= 0.3 is 0 Å². The van der Waals surface area contributed by atoms with Crippen molar-refractivity contribution in [2.24, 2.45) is 11.1 Å². The molecule has 0 spiro atoms. The Kier molecular flexibility index (Phi) is 3.92. The van der Waals surface area contributed by atoms with Gasteiger partial charge in [0.15, 0.2) is 0 Å². The second-order valence-corrected chi connectivity index (χ2v) is 4.69. The zero-order valence-corrected chi connectivity index (χ0v) is 10.9. The van der Waals surface area contributed by atoms with Crippen molar-refractivity contribution in [1.82, 2.24) is 4.90 Å². The van der Waals surface area contributed by atoms with Crippen LogP contribution in [0.3, 0.4) is 0 Å². The molecule has 0 saturated carbocycles. The molecule has 1 aromatic carbocycles. The molecular formula is C14H17ClN2O. The van der Waals surface area contributed by atoms with Gasteiger partial charge in [-0.05, 0) is 24.5 Å². The lowest BCUT2D eigenvalue weighted by Crippen LogP contribution is -2.46. The van der Waals surface area contributed by atoms with Crippen molar-refractivity contribution < 1.29 is 5.21 Å². The van der Waals surface area contributed by atoms with Crippen LogP contribution in [-0.2, 0) is 0 Å². The lowest BCUT2D eigenvalue weighted by molar-refractivity contribution is 0.229. The summed E-state index contributed by atoms with van der Waals surface area (Å²) >= 11 is 0. The monoisotopic (exact) mass is 264 g/mol. The van der Waals surface area contributed by atoms with Gasteiger partial charge in [0, 0.05) is 19.0 Å². The minimum absolute atomic E-state index is 0.